The fourth-order valence-electron chi connectivity index (χ4n) is 2.34. The number of benzene rings is 2. The van der Waals surface area contributed by atoms with Crippen LogP contribution in [0.2, 0.25) is 0 Å². The van der Waals surface area contributed by atoms with Gasteiger partial charge in [0.1, 0.15) is 23.3 Å². The summed E-state index contributed by atoms with van der Waals surface area (Å²) in [7, 11) is 0. The summed E-state index contributed by atoms with van der Waals surface area (Å²) in [6, 6.07) is 11.8. The van der Waals surface area contributed by atoms with Crippen molar-refractivity contribution < 1.29 is 14.3 Å². The van der Waals surface area contributed by atoms with E-state index in [1.807, 2.05) is 13.8 Å². The minimum atomic E-state index is -0.182. The van der Waals surface area contributed by atoms with Crippen LogP contribution in [0, 0.1) is 0 Å². The van der Waals surface area contributed by atoms with Gasteiger partial charge in [-0.25, -0.2) is 0 Å². The number of hydrogen-bond acceptors (Lipinski definition) is 4. The maximum absolute atomic E-state index is 12.6. The molecule has 0 spiro atoms. The standard InChI is InChI=1S/C18H16O4/c1-11(2)22-12-7-8-14-17(9-12)21-10-15(18(14)20)13-5-3-4-6-16(13)19/h3-11,19H,1-2H3. The van der Waals surface area contributed by atoms with E-state index >= 15 is 0 Å². The molecule has 4 nitrogen and oxygen atoms in total. The zero-order valence-electron chi connectivity index (χ0n) is 12.4. The maximum Gasteiger partial charge on any atom is 0.200 e. The number of fused-ring (bicyclic) bond motifs is 1. The van der Waals surface area contributed by atoms with E-state index in [-0.39, 0.29) is 17.3 Å². The molecule has 3 aromatic rings. The van der Waals surface area contributed by atoms with Crippen LogP contribution in [-0.4, -0.2) is 11.2 Å². The van der Waals surface area contributed by atoms with Crippen molar-refractivity contribution >= 4 is 11.0 Å². The first-order valence-electron chi connectivity index (χ1n) is 7.07. The summed E-state index contributed by atoms with van der Waals surface area (Å²) >= 11 is 0. The Labute approximate surface area is 127 Å². The van der Waals surface area contributed by atoms with Crippen LogP contribution in [0.15, 0.2) is 57.9 Å². The Bertz CT molecular complexity index is 878. The van der Waals surface area contributed by atoms with Crippen molar-refractivity contribution in [1.82, 2.24) is 0 Å². The highest BCUT2D eigenvalue weighted by Gasteiger charge is 2.12. The Hall–Kier alpha value is -2.75. The van der Waals surface area contributed by atoms with Gasteiger partial charge in [0, 0.05) is 11.6 Å². The topological polar surface area (TPSA) is 59.7 Å². The second-order valence-electron chi connectivity index (χ2n) is 5.32. The predicted molar refractivity (Wildman–Crippen MR) is 85.3 cm³/mol. The van der Waals surface area contributed by atoms with E-state index in [0.717, 1.165) is 0 Å². The first kappa shape index (κ1) is 14.2. The number of phenols is 1. The van der Waals surface area contributed by atoms with E-state index in [1.165, 1.54) is 6.26 Å². The van der Waals surface area contributed by atoms with Crippen molar-refractivity contribution in [3.05, 3.63) is 59.0 Å². The van der Waals surface area contributed by atoms with Gasteiger partial charge in [0.25, 0.3) is 0 Å². The zero-order chi connectivity index (χ0) is 15.7. The molecule has 2 aromatic carbocycles. The summed E-state index contributed by atoms with van der Waals surface area (Å²) in [6.07, 6.45) is 1.42. The second-order valence-corrected chi connectivity index (χ2v) is 5.32. The van der Waals surface area contributed by atoms with E-state index in [0.29, 0.717) is 27.8 Å². The van der Waals surface area contributed by atoms with Crippen molar-refractivity contribution in [1.29, 1.82) is 0 Å². The number of ether oxygens (including phenoxy) is 1. The van der Waals surface area contributed by atoms with Crippen LogP contribution in [0.25, 0.3) is 22.1 Å². The molecule has 0 aliphatic heterocycles. The lowest BCUT2D eigenvalue weighted by Gasteiger charge is -2.10. The summed E-state index contributed by atoms with van der Waals surface area (Å²) < 4.78 is 11.2. The Morgan fingerprint density at radius 3 is 2.59 bits per heavy atom. The third kappa shape index (κ3) is 2.55. The lowest BCUT2D eigenvalue weighted by Crippen LogP contribution is -2.07. The molecule has 0 fully saturated rings. The normalized spacial score (nSPS) is 11.0. The smallest absolute Gasteiger partial charge is 0.200 e. The molecule has 0 amide bonds. The van der Waals surface area contributed by atoms with E-state index in [4.69, 9.17) is 9.15 Å². The van der Waals surface area contributed by atoms with Crippen molar-refractivity contribution in [2.45, 2.75) is 20.0 Å². The number of hydrogen-bond donors (Lipinski definition) is 1. The number of rotatable bonds is 3. The van der Waals surface area contributed by atoms with Crippen LogP contribution >= 0.6 is 0 Å². The molecule has 1 heterocycles. The minimum absolute atomic E-state index is 0.0460. The fraction of sp³-hybridized carbons (Fsp3) is 0.167. The molecule has 0 radical (unpaired) electrons. The molecule has 0 unspecified atom stereocenters. The van der Waals surface area contributed by atoms with Crippen molar-refractivity contribution in [2.24, 2.45) is 0 Å². The number of para-hydroxylation sites is 1. The molecule has 0 bridgehead atoms. The fourth-order valence-corrected chi connectivity index (χ4v) is 2.34. The van der Waals surface area contributed by atoms with Crippen LogP contribution in [0.3, 0.4) is 0 Å². The average Bonchev–Trinajstić information content (AvgIpc) is 2.48. The van der Waals surface area contributed by atoms with E-state index < -0.39 is 0 Å². The summed E-state index contributed by atoms with van der Waals surface area (Å²) in [4.78, 5) is 12.6. The van der Waals surface area contributed by atoms with E-state index in [1.54, 1.807) is 42.5 Å². The maximum atomic E-state index is 12.6. The van der Waals surface area contributed by atoms with Gasteiger partial charge in [0.05, 0.1) is 17.1 Å². The van der Waals surface area contributed by atoms with Gasteiger partial charge in [-0.3, -0.25) is 4.79 Å². The van der Waals surface area contributed by atoms with Crippen LogP contribution < -0.4 is 10.2 Å². The molecule has 1 N–H and O–H groups in total. The highest BCUT2D eigenvalue weighted by molar-refractivity contribution is 5.83. The van der Waals surface area contributed by atoms with Gasteiger partial charge >= 0.3 is 0 Å². The molecule has 3 rings (SSSR count). The van der Waals surface area contributed by atoms with Crippen LogP contribution in [0.1, 0.15) is 13.8 Å². The van der Waals surface area contributed by atoms with Gasteiger partial charge in [-0.1, -0.05) is 18.2 Å². The van der Waals surface area contributed by atoms with Gasteiger partial charge < -0.3 is 14.3 Å². The lowest BCUT2D eigenvalue weighted by atomic mass is 10.0. The molecular weight excluding hydrogens is 280 g/mol. The summed E-state index contributed by atoms with van der Waals surface area (Å²) in [5, 5.41) is 10.4. The summed E-state index contributed by atoms with van der Waals surface area (Å²) in [5.41, 5.74) is 1.07. The molecule has 0 saturated heterocycles. The van der Waals surface area contributed by atoms with Gasteiger partial charge in [0.2, 0.25) is 5.43 Å². The summed E-state index contributed by atoms with van der Waals surface area (Å²) in [5.74, 6) is 0.704. The monoisotopic (exact) mass is 296 g/mol. The first-order chi connectivity index (χ1) is 10.6. The molecule has 0 aliphatic carbocycles. The third-order valence-corrected chi connectivity index (χ3v) is 3.31. The number of phenolic OH excluding ortho intramolecular Hbond substituents is 1. The largest absolute Gasteiger partial charge is 0.507 e. The first-order valence-corrected chi connectivity index (χ1v) is 7.07. The Balaban J connectivity index is 2.15. The Morgan fingerprint density at radius 1 is 1.09 bits per heavy atom. The Kier molecular flexibility index (Phi) is 3.59. The number of aromatic hydroxyl groups is 1. The molecule has 0 aliphatic rings. The second kappa shape index (κ2) is 5.56. The van der Waals surface area contributed by atoms with Crippen LogP contribution in [0.4, 0.5) is 0 Å². The van der Waals surface area contributed by atoms with Gasteiger partial charge in [-0.2, -0.15) is 0 Å². The molecule has 22 heavy (non-hydrogen) atoms. The van der Waals surface area contributed by atoms with Gasteiger partial charge in [-0.05, 0) is 32.0 Å². The highest BCUT2D eigenvalue weighted by Crippen LogP contribution is 2.28. The van der Waals surface area contributed by atoms with Crippen molar-refractivity contribution in [3.8, 4) is 22.6 Å². The molecule has 0 atom stereocenters. The quantitative estimate of drug-likeness (QED) is 0.795. The molecular formula is C18H16O4. The van der Waals surface area contributed by atoms with Crippen molar-refractivity contribution in [3.63, 3.8) is 0 Å². The third-order valence-electron chi connectivity index (χ3n) is 3.31. The van der Waals surface area contributed by atoms with Crippen molar-refractivity contribution in [2.75, 3.05) is 0 Å². The highest BCUT2D eigenvalue weighted by atomic mass is 16.5. The van der Waals surface area contributed by atoms with E-state index in [2.05, 4.69) is 0 Å². The van der Waals surface area contributed by atoms with Gasteiger partial charge in [-0.15, -0.1) is 0 Å². The van der Waals surface area contributed by atoms with Gasteiger partial charge in [0.15, 0.2) is 0 Å². The Morgan fingerprint density at radius 2 is 1.86 bits per heavy atom. The minimum Gasteiger partial charge on any atom is -0.507 e. The van der Waals surface area contributed by atoms with Crippen LogP contribution in [-0.2, 0) is 0 Å². The SMILES string of the molecule is CC(C)Oc1ccc2c(=O)c(-c3ccccc3O)coc2c1. The predicted octanol–water partition coefficient (Wildman–Crippen LogP) is 3.95. The molecule has 4 heteroatoms. The molecule has 1 aromatic heterocycles. The molecule has 0 saturated carbocycles. The molecule has 112 valence electrons. The zero-order valence-corrected chi connectivity index (χ0v) is 12.4. The average molecular weight is 296 g/mol. The van der Waals surface area contributed by atoms with E-state index in [9.17, 15) is 9.90 Å². The summed E-state index contributed by atoms with van der Waals surface area (Å²) in [6.45, 7) is 3.86. The van der Waals surface area contributed by atoms with Crippen LogP contribution in [0.5, 0.6) is 11.5 Å². The lowest BCUT2D eigenvalue weighted by molar-refractivity contribution is 0.242.